The van der Waals surface area contributed by atoms with Gasteiger partial charge in [0.2, 0.25) is 0 Å². The number of amides is 1. The van der Waals surface area contributed by atoms with Crippen molar-refractivity contribution in [3.8, 4) is 5.75 Å². The molecule has 0 spiro atoms. The van der Waals surface area contributed by atoms with E-state index in [0.717, 1.165) is 25.7 Å². The van der Waals surface area contributed by atoms with E-state index in [0.29, 0.717) is 17.7 Å². The zero-order valence-corrected chi connectivity index (χ0v) is 10.7. The van der Waals surface area contributed by atoms with E-state index in [4.69, 9.17) is 5.73 Å². The predicted octanol–water partition coefficient (Wildman–Crippen LogP) is 1.70. The van der Waals surface area contributed by atoms with E-state index < -0.39 is 0 Å². The molecule has 1 amide bonds. The number of benzene rings is 1. The van der Waals surface area contributed by atoms with E-state index >= 15 is 0 Å². The Morgan fingerprint density at radius 3 is 2.72 bits per heavy atom. The van der Waals surface area contributed by atoms with Crippen LogP contribution in [0.4, 0.5) is 0 Å². The Kier molecular flexibility index (Phi) is 3.57. The monoisotopic (exact) mass is 248 g/mol. The summed E-state index contributed by atoms with van der Waals surface area (Å²) in [5.41, 5.74) is 6.68. The fourth-order valence-electron chi connectivity index (χ4n) is 2.61. The molecule has 0 radical (unpaired) electrons. The molecular weight excluding hydrogens is 228 g/mol. The number of hydrogen-bond donors (Lipinski definition) is 3. The fourth-order valence-corrected chi connectivity index (χ4v) is 2.61. The average molecular weight is 248 g/mol. The van der Waals surface area contributed by atoms with E-state index in [2.05, 4.69) is 5.32 Å². The van der Waals surface area contributed by atoms with Gasteiger partial charge in [0, 0.05) is 17.7 Å². The van der Waals surface area contributed by atoms with Crippen molar-refractivity contribution < 1.29 is 9.90 Å². The Bertz CT molecular complexity index is 451. The first kappa shape index (κ1) is 12.9. The first-order valence-electron chi connectivity index (χ1n) is 6.39. The molecule has 4 heteroatoms. The van der Waals surface area contributed by atoms with Crippen LogP contribution in [0, 0.1) is 6.92 Å². The van der Waals surface area contributed by atoms with Crippen LogP contribution < -0.4 is 11.1 Å². The second-order valence-electron chi connectivity index (χ2n) is 5.10. The molecule has 0 heterocycles. The molecule has 0 unspecified atom stereocenters. The van der Waals surface area contributed by atoms with Crippen molar-refractivity contribution in [1.82, 2.24) is 5.32 Å². The van der Waals surface area contributed by atoms with Crippen LogP contribution >= 0.6 is 0 Å². The second kappa shape index (κ2) is 4.98. The molecule has 1 aromatic rings. The first-order valence-corrected chi connectivity index (χ1v) is 6.39. The number of nitrogens with two attached hydrogens (primary N) is 1. The van der Waals surface area contributed by atoms with Gasteiger partial charge in [-0.15, -0.1) is 0 Å². The lowest BCUT2D eigenvalue weighted by Gasteiger charge is -2.29. The molecule has 1 aromatic carbocycles. The third-order valence-electron chi connectivity index (χ3n) is 3.88. The van der Waals surface area contributed by atoms with Crippen LogP contribution in [0.3, 0.4) is 0 Å². The SMILES string of the molecule is Cc1c(O)cccc1C(=O)NC1(CN)CCCC1. The molecule has 1 aliphatic carbocycles. The molecule has 4 N–H and O–H groups in total. The van der Waals surface area contributed by atoms with Crippen LogP contribution in [-0.2, 0) is 0 Å². The zero-order valence-electron chi connectivity index (χ0n) is 10.7. The maximum Gasteiger partial charge on any atom is 0.252 e. The summed E-state index contributed by atoms with van der Waals surface area (Å²) in [7, 11) is 0. The van der Waals surface area contributed by atoms with Crippen LogP contribution in [0.15, 0.2) is 18.2 Å². The standard InChI is InChI=1S/C14H20N2O2/c1-10-11(5-4-6-12(10)17)13(18)16-14(9-15)7-2-3-8-14/h4-6,17H,2-3,7-9,15H2,1H3,(H,16,18). The minimum atomic E-state index is -0.255. The molecule has 0 atom stereocenters. The Morgan fingerprint density at radius 1 is 1.44 bits per heavy atom. The largest absolute Gasteiger partial charge is 0.508 e. The molecule has 0 aliphatic heterocycles. The topological polar surface area (TPSA) is 75.3 Å². The first-order chi connectivity index (χ1) is 8.58. The van der Waals surface area contributed by atoms with Gasteiger partial charge in [0.05, 0.1) is 5.54 Å². The Morgan fingerprint density at radius 2 is 2.11 bits per heavy atom. The molecule has 4 nitrogen and oxygen atoms in total. The molecule has 0 aromatic heterocycles. The number of phenols is 1. The summed E-state index contributed by atoms with van der Waals surface area (Å²) in [6, 6.07) is 4.99. The smallest absolute Gasteiger partial charge is 0.252 e. The lowest BCUT2D eigenvalue weighted by Crippen LogP contribution is -2.51. The van der Waals surface area contributed by atoms with E-state index in [1.54, 1.807) is 25.1 Å². The highest BCUT2D eigenvalue weighted by atomic mass is 16.3. The number of carbonyl (C=O) groups excluding carboxylic acids is 1. The summed E-state index contributed by atoms with van der Waals surface area (Å²) in [5, 5.41) is 12.7. The van der Waals surface area contributed by atoms with Crippen LogP contribution in [0.5, 0.6) is 5.75 Å². The third kappa shape index (κ3) is 2.34. The number of carbonyl (C=O) groups is 1. The molecule has 18 heavy (non-hydrogen) atoms. The lowest BCUT2D eigenvalue weighted by atomic mass is 9.96. The molecule has 1 fully saturated rings. The quantitative estimate of drug-likeness (QED) is 0.762. The number of aromatic hydroxyl groups is 1. The van der Waals surface area contributed by atoms with Crippen molar-refractivity contribution in [2.45, 2.75) is 38.1 Å². The second-order valence-corrected chi connectivity index (χ2v) is 5.10. The summed E-state index contributed by atoms with van der Waals surface area (Å²) >= 11 is 0. The third-order valence-corrected chi connectivity index (χ3v) is 3.88. The minimum absolute atomic E-state index is 0.143. The molecule has 98 valence electrons. The summed E-state index contributed by atoms with van der Waals surface area (Å²) in [6.45, 7) is 2.21. The van der Waals surface area contributed by atoms with Crippen molar-refractivity contribution in [2.24, 2.45) is 5.73 Å². The predicted molar refractivity (Wildman–Crippen MR) is 70.6 cm³/mol. The van der Waals surface area contributed by atoms with Crippen LogP contribution in [0.25, 0.3) is 0 Å². The Balaban J connectivity index is 2.19. The number of hydrogen-bond acceptors (Lipinski definition) is 3. The van der Waals surface area contributed by atoms with Gasteiger partial charge >= 0.3 is 0 Å². The average Bonchev–Trinajstić information content (AvgIpc) is 2.81. The minimum Gasteiger partial charge on any atom is -0.508 e. The molecular formula is C14H20N2O2. The van der Waals surface area contributed by atoms with Crippen molar-refractivity contribution >= 4 is 5.91 Å². The van der Waals surface area contributed by atoms with E-state index in [-0.39, 0.29) is 17.2 Å². The highest BCUT2D eigenvalue weighted by Crippen LogP contribution is 2.29. The maximum atomic E-state index is 12.3. The Labute approximate surface area is 107 Å². The van der Waals surface area contributed by atoms with Gasteiger partial charge in [-0.25, -0.2) is 0 Å². The number of rotatable bonds is 3. The van der Waals surface area contributed by atoms with Crippen LogP contribution in [-0.4, -0.2) is 23.1 Å². The van der Waals surface area contributed by atoms with Gasteiger partial charge in [-0.1, -0.05) is 18.9 Å². The molecule has 1 saturated carbocycles. The van der Waals surface area contributed by atoms with Crippen molar-refractivity contribution in [1.29, 1.82) is 0 Å². The maximum absolute atomic E-state index is 12.3. The fraction of sp³-hybridized carbons (Fsp3) is 0.500. The van der Waals surface area contributed by atoms with Crippen molar-refractivity contribution in [2.75, 3.05) is 6.54 Å². The molecule has 0 bridgehead atoms. The summed E-state index contributed by atoms with van der Waals surface area (Å²) in [5.74, 6) is 0.00613. The van der Waals surface area contributed by atoms with Gasteiger partial charge in [0.15, 0.2) is 0 Å². The summed E-state index contributed by atoms with van der Waals surface area (Å²) in [4.78, 5) is 12.3. The number of nitrogens with one attached hydrogen (secondary N) is 1. The van der Waals surface area contributed by atoms with Gasteiger partial charge in [-0.3, -0.25) is 4.79 Å². The highest BCUT2D eigenvalue weighted by molar-refractivity contribution is 5.96. The summed E-state index contributed by atoms with van der Waals surface area (Å²) < 4.78 is 0. The Hall–Kier alpha value is -1.55. The number of phenolic OH excluding ortho intramolecular Hbond substituents is 1. The van der Waals surface area contributed by atoms with E-state index in [9.17, 15) is 9.90 Å². The van der Waals surface area contributed by atoms with Crippen LogP contribution in [0.2, 0.25) is 0 Å². The van der Waals surface area contributed by atoms with E-state index in [1.165, 1.54) is 0 Å². The molecule has 0 saturated heterocycles. The summed E-state index contributed by atoms with van der Waals surface area (Å²) in [6.07, 6.45) is 4.09. The van der Waals surface area contributed by atoms with Gasteiger partial charge in [-0.2, -0.15) is 0 Å². The normalized spacial score (nSPS) is 17.7. The van der Waals surface area contributed by atoms with Gasteiger partial charge < -0.3 is 16.2 Å². The van der Waals surface area contributed by atoms with Gasteiger partial charge in [-0.05, 0) is 31.9 Å². The zero-order chi connectivity index (χ0) is 13.2. The van der Waals surface area contributed by atoms with Crippen LogP contribution in [0.1, 0.15) is 41.6 Å². The van der Waals surface area contributed by atoms with Gasteiger partial charge in [0.1, 0.15) is 5.75 Å². The molecule has 1 aliphatic rings. The van der Waals surface area contributed by atoms with Crippen molar-refractivity contribution in [3.63, 3.8) is 0 Å². The highest BCUT2D eigenvalue weighted by Gasteiger charge is 2.34. The molecule has 2 rings (SSSR count). The van der Waals surface area contributed by atoms with Crippen molar-refractivity contribution in [3.05, 3.63) is 29.3 Å². The van der Waals surface area contributed by atoms with E-state index in [1.807, 2.05) is 0 Å². The lowest BCUT2D eigenvalue weighted by molar-refractivity contribution is 0.0902. The van der Waals surface area contributed by atoms with Gasteiger partial charge in [0.25, 0.3) is 5.91 Å².